The standard InChI is InChI=1S/C18H30O3/c1-3-5-6-7-8-9-14-20-15-18(19)16-10-12-17(13-11-16)21-4-2/h10-13,18-19H,3-9,14-15H2,1-2H3. The minimum atomic E-state index is -0.555. The molecule has 1 aromatic carbocycles. The molecule has 0 fully saturated rings. The molecule has 1 N–H and O–H groups in total. The Kier molecular flexibility index (Phi) is 9.92. The number of hydrogen-bond acceptors (Lipinski definition) is 3. The van der Waals surface area contributed by atoms with Gasteiger partial charge in [-0.15, -0.1) is 0 Å². The summed E-state index contributed by atoms with van der Waals surface area (Å²) in [6.07, 6.45) is 6.98. The molecule has 1 unspecified atom stereocenters. The summed E-state index contributed by atoms with van der Waals surface area (Å²) in [5.74, 6) is 0.835. The van der Waals surface area contributed by atoms with Gasteiger partial charge in [0.05, 0.1) is 13.2 Å². The second kappa shape index (κ2) is 11.6. The monoisotopic (exact) mass is 294 g/mol. The highest BCUT2D eigenvalue weighted by Gasteiger charge is 2.07. The van der Waals surface area contributed by atoms with Gasteiger partial charge in [-0.2, -0.15) is 0 Å². The lowest BCUT2D eigenvalue weighted by Crippen LogP contribution is -2.08. The topological polar surface area (TPSA) is 38.7 Å². The normalized spacial score (nSPS) is 12.3. The van der Waals surface area contributed by atoms with Crippen molar-refractivity contribution in [3.05, 3.63) is 29.8 Å². The molecule has 0 aliphatic carbocycles. The lowest BCUT2D eigenvalue weighted by molar-refractivity contribution is 0.0344. The van der Waals surface area contributed by atoms with E-state index in [1.54, 1.807) is 0 Å². The fourth-order valence-electron chi connectivity index (χ4n) is 2.23. The Morgan fingerprint density at radius 3 is 2.29 bits per heavy atom. The Hall–Kier alpha value is -1.06. The first kappa shape index (κ1) is 18.0. The predicted molar refractivity (Wildman–Crippen MR) is 86.8 cm³/mol. The van der Waals surface area contributed by atoms with Crippen molar-refractivity contribution in [1.29, 1.82) is 0 Å². The second-order valence-corrected chi connectivity index (χ2v) is 5.36. The fraction of sp³-hybridized carbons (Fsp3) is 0.667. The zero-order chi connectivity index (χ0) is 15.3. The molecular formula is C18H30O3. The maximum atomic E-state index is 10.0. The van der Waals surface area contributed by atoms with Crippen molar-refractivity contribution in [2.24, 2.45) is 0 Å². The van der Waals surface area contributed by atoms with Gasteiger partial charge in [-0.05, 0) is 31.0 Å². The summed E-state index contributed by atoms with van der Waals surface area (Å²) in [5.41, 5.74) is 0.876. The molecule has 0 aliphatic rings. The van der Waals surface area contributed by atoms with E-state index in [1.165, 1.54) is 32.1 Å². The van der Waals surface area contributed by atoms with Crippen molar-refractivity contribution in [3.63, 3.8) is 0 Å². The molecule has 0 saturated carbocycles. The van der Waals surface area contributed by atoms with Gasteiger partial charge in [-0.1, -0.05) is 51.2 Å². The largest absolute Gasteiger partial charge is 0.494 e. The molecule has 120 valence electrons. The van der Waals surface area contributed by atoms with Crippen molar-refractivity contribution in [2.75, 3.05) is 19.8 Å². The maximum absolute atomic E-state index is 10.0. The highest BCUT2D eigenvalue weighted by molar-refractivity contribution is 5.28. The van der Waals surface area contributed by atoms with Crippen LogP contribution in [-0.4, -0.2) is 24.9 Å². The van der Waals surface area contributed by atoms with E-state index in [4.69, 9.17) is 9.47 Å². The summed E-state index contributed by atoms with van der Waals surface area (Å²) < 4.78 is 10.9. The molecule has 0 aliphatic heterocycles. The first-order chi connectivity index (χ1) is 10.3. The predicted octanol–water partition coefficient (Wildman–Crippen LogP) is 4.50. The molecule has 0 spiro atoms. The van der Waals surface area contributed by atoms with E-state index in [9.17, 15) is 5.11 Å². The van der Waals surface area contributed by atoms with Crippen molar-refractivity contribution in [1.82, 2.24) is 0 Å². The van der Waals surface area contributed by atoms with E-state index in [-0.39, 0.29) is 0 Å². The van der Waals surface area contributed by atoms with Crippen LogP contribution in [0.25, 0.3) is 0 Å². The summed E-state index contributed by atoms with van der Waals surface area (Å²) in [4.78, 5) is 0. The van der Waals surface area contributed by atoms with Crippen LogP contribution in [0.1, 0.15) is 64.0 Å². The van der Waals surface area contributed by atoms with Gasteiger partial charge in [0.15, 0.2) is 0 Å². The summed E-state index contributed by atoms with van der Waals surface area (Å²) >= 11 is 0. The number of benzene rings is 1. The van der Waals surface area contributed by atoms with Gasteiger partial charge in [0.1, 0.15) is 11.9 Å². The molecular weight excluding hydrogens is 264 g/mol. The van der Waals surface area contributed by atoms with Crippen LogP contribution < -0.4 is 4.74 Å². The SMILES string of the molecule is CCCCCCCCOCC(O)c1ccc(OCC)cc1. The van der Waals surface area contributed by atoms with Crippen LogP contribution in [0.2, 0.25) is 0 Å². The minimum absolute atomic E-state index is 0.364. The number of ether oxygens (including phenoxy) is 2. The number of hydrogen-bond donors (Lipinski definition) is 1. The van der Waals surface area contributed by atoms with E-state index >= 15 is 0 Å². The van der Waals surface area contributed by atoms with Gasteiger partial charge >= 0.3 is 0 Å². The summed E-state index contributed by atoms with van der Waals surface area (Å²) in [5, 5.41) is 10.0. The maximum Gasteiger partial charge on any atom is 0.119 e. The smallest absolute Gasteiger partial charge is 0.119 e. The third-order valence-electron chi connectivity index (χ3n) is 3.49. The van der Waals surface area contributed by atoms with Gasteiger partial charge in [0.2, 0.25) is 0 Å². The quantitative estimate of drug-likeness (QED) is 0.577. The second-order valence-electron chi connectivity index (χ2n) is 5.36. The zero-order valence-electron chi connectivity index (χ0n) is 13.5. The number of aliphatic hydroxyl groups is 1. The highest BCUT2D eigenvalue weighted by Crippen LogP contribution is 2.18. The van der Waals surface area contributed by atoms with E-state index in [2.05, 4.69) is 6.92 Å². The number of rotatable bonds is 12. The zero-order valence-corrected chi connectivity index (χ0v) is 13.5. The van der Waals surface area contributed by atoms with Gasteiger partial charge in [0, 0.05) is 6.61 Å². The van der Waals surface area contributed by atoms with Crippen molar-refractivity contribution >= 4 is 0 Å². The average Bonchev–Trinajstić information content (AvgIpc) is 2.51. The van der Waals surface area contributed by atoms with Crippen LogP contribution in [0.15, 0.2) is 24.3 Å². The third kappa shape index (κ3) is 8.08. The fourth-order valence-corrected chi connectivity index (χ4v) is 2.23. The first-order valence-electron chi connectivity index (χ1n) is 8.26. The number of aliphatic hydroxyl groups excluding tert-OH is 1. The molecule has 0 bridgehead atoms. The molecule has 0 aromatic heterocycles. The van der Waals surface area contributed by atoms with Gasteiger partial charge in [-0.25, -0.2) is 0 Å². The van der Waals surface area contributed by atoms with Gasteiger partial charge in [-0.3, -0.25) is 0 Å². The van der Waals surface area contributed by atoms with E-state index in [1.807, 2.05) is 31.2 Å². The molecule has 21 heavy (non-hydrogen) atoms. The van der Waals surface area contributed by atoms with Crippen molar-refractivity contribution in [2.45, 2.75) is 58.5 Å². The summed E-state index contributed by atoms with van der Waals surface area (Å²) in [7, 11) is 0. The van der Waals surface area contributed by atoms with Crippen LogP contribution >= 0.6 is 0 Å². The first-order valence-corrected chi connectivity index (χ1v) is 8.26. The van der Waals surface area contributed by atoms with E-state index < -0.39 is 6.10 Å². The molecule has 1 aromatic rings. The molecule has 0 saturated heterocycles. The molecule has 0 heterocycles. The summed E-state index contributed by atoms with van der Waals surface area (Å²) in [6, 6.07) is 7.55. The molecule has 3 heteroatoms. The van der Waals surface area contributed by atoms with Gasteiger partial charge in [0.25, 0.3) is 0 Å². The third-order valence-corrected chi connectivity index (χ3v) is 3.49. The Balaban J connectivity index is 2.11. The Morgan fingerprint density at radius 1 is 0.952 bits per heavy atom. The van der Waals surface area contributed by atoms with Crippen LogP contribution in [0.3, 0.4) is 0 Å². The molecule has 3 nitrogen and oxygen atoms in total. The van der Waals surface area contributed by atoms with Crippen LogP contribution in [0.5, 0.6) is 5.75 Å². The number of unbranched alkanes of at least 4 members (excludes halogenated alkanes) is 5. The van der Waals surface area contributed by atoms with Crippen LogP contribution in [0.4, 0.5) is 0 Å². The Labute approximate surface area is 129 Å². The molecule has 0 radical (unpaired) electrons. The minimum Gasteiger partial charge on any atom is -0.494 e. The lowest BCUT2D eigenvalue weighted by atomic mass is 10.1. The van der Waals surface area contributed by atoms with Crippen molar-refractivity contribution in [3.8, 4) is 5.75 Å². The van der Waals surface area contributed by atoms with Crippen molar-refractivity contribution < 1.29 is 14.6 Å². The highest BCUT2D eigenvalue weighted by atomic mass is 16.5. The molecule has 1 atom stereocenters. The molecule has 0 amide bonds. The summed E-state index contributed by atoms with van der Waals surface area (Å²) in [6.45, 7) is 5.94. The average molecular weight is 294 g/mol. The lowest BCUT2D eigenvalue weighted by Gasteiger charge is -2.12. The van der Waals surface area contributed by atoms with E-state index in [0.29, 0.717) is 13.2 Å². The molecule has 1 rings (SSSR count). The van der Waals surface area contributed by atoms with Crippen LogP contribution in [0, 0.1) is 0 Å². The Morgan fingerprint density at radius 2 is 1.62 bits per heavy atom. The van der Waals surface area contributed by atoms with E-state index in [0.717, 1.165) is 24.3 Å². The Bertz CT molecular complexity index is 348. The van der Waals surface area contributed by atoms with Gasteiger partial charge < -0.3 is 14.6 Å². The van der Waals surface area contributed by atoms with Crippen LogP contribution in [-0.2, 0) is 4.74 Å².